The van der Waals surface area contributed by atoms with E-state index in [0.29, 0.717) is 18.3 Å². The summed E-state index contributed by atoms with van der Waals surface area (Å²) < 4.78 is 6.35. The molecular formula is C12H12BrN3O. The molecular weight excluding hydrogens is 282 g/mol. The van der Waals surface area contributed by atoms with Gasteiger partial charge in [-0.15, -0.1) is 0 Å². The van der Waals surface area contributed by atoms with E-state index in [1.54, 1.807) is 0 Å². The van der Waals surface area contributed by atoms with Crippen molar-refractivity contribution in [1.29, 1.82) is 0 Å². The van der Waals surface area contributed by atoms with Crippen LogP contribution in [-0.2, 0) is 5.41 Å². The first-order chi connectivity index (χ1) is 8.23. The van der Waals surface area contributed by atoms with Crippen LogP contribution in [0.3, 0.4) is 0 Å². The highest BCUT2D eigenvalue weighted by molar-refractivity contribution is 9.10. The number of nitrogens with zero attached hydrogens (tertiary/aromatic N) is 2. The number of hydrogen-bond acceptors (Lipinski definition) is 4. The van der Waals surface area contributed by atoms with Crippen molar-refractivity contribution in [2.75, 3.05) is 6.54 Å². The molecule has 4 nitrogen and oxygen atoms in total. The quantitative estimate of drug-likeness (QED) is 0.944. The van der Waals surface area contributed by atoms with Gasteiger partial charge in [-0.1, -0.05) is 21.1 Å². The molecule has 0 radical (unpaired) electrons. The number of nitrogens with two attached hydrogens (primary N) is 1. The van der Waals surface area contributed by atoms with Crippen LogP contribution in [0.15, 0.2) is 33.3 Å². The SMILES string of the molecule is NCC1(c2nc(-c3ccc(Br)cc3)no2)CC1. The smallest absolute Gasteiger partial charge is 0.234 e. The summed E-state index contributed by atoms with van der Waals surface area (Å²) in [5.74, 6) is 1.31. The molecule has 0 unspecified atom stereocenters. The molecule has 1 saturated carbocycles. The van der Waals surface area contributed by atoms with Crippen molar-refractivity contribution in [3.05, 3.63) is 34.6 Å². The van der Waals surface area contributed by atoms with Crippen LogP contribution < -0.4 is 5.73 Å². The molecule has 3 rings (SSSR count). The standard InChI is InChI=1S/C12H12BrN3O/c13-9-3-1-8(2-4-9)10-15-11(17-16-10)12(7-14)5-6-12/h1-4H,5-7,14H2. The van der Waals surface area contributed by atoms with Crippen LogP contribution in [-0.4, -0.2) is 16.7 Å². The number of rotatable bonds is 3. The molecule has 1 aliphatic carbocycles. The highest BCUT2D eigenvalue weighted by Gasteiger charge is 2.48. The van der Waals surface area contributed by atoms with Crippen molar-refractivity contribution in [2.45, 2.75) is 18.3 Å². The molecule has 0 spiro atoms. The largest absolute Gasteiger partial charge is 0.338 e. The lowest BCUT2D eigenvalue weighted by molar-refractivity contribution is 0.347. The molecule has 0 aliphatic heterocycles. The van der Waals surface area contributed by atoms with Crippen molar-refractivity contribution in [3.63, 3.8) is 0 Å². The van der Waals surface area contributed by atoms with Crippen LogP contribution in [0.2, 0.25) is 0 Å². The Balaban J connectivity index is 1.92. The second-order valence-electron chi connectivity index (χ2n) is 4.41. The summed E-state index contributed by atoms with van der Waals surface area (Å²) in [6.07, 6.45) is 2.09. The Morgan fingerprint density at radius 1 is 1.29 bits per heavy atom. The topological polar surface area (TPSA) is 64.9 Å². The van der Waals surface area contributed by atoms with Crippen LogP contribution in [0.5, 0.6) is 0 Å². The summed E-state index contributed by atoms with van der Waals surface area (Å²) in [5, 5.41) is 4.01. The van der Waals surface area contributed by atoms with Gasteiger partial charge in [0.25, 0.3) is 0 Å². The zero-order valence-electron chi connectivity index (χ0n) is 9.19. The lowest BCUT2D eigenvalue weighted by Gasteiger charge is -2.03. The van der Waals surface area contributed by atoms with E-state index in [4.69, 9.17) is 10.3 Å². The Bertz CT molecular complexity index is 531. The monoisotopic (exact) mass is 293 g/mol. The Morgan fingerprint density at radius 2 is 2.00 bits per heavy atom. The average Bonchev–Trinajstić information content (AvgIpc) is 3.00. The molecule has 17 heavy (non-hydrogen) atoms. The molecule has 1 heterocycles. The molecule has 0 saturated heterocycles. The first kappa shape index (κ1) is 10.9. The van der Waals surface area contributed by atoms with Gasteiger partial charge < -0.3 is 10.3 Å². The minimum Gasteiger partial charge on any atom is -0.338 e. The number of aromatic nitrogens is 2. The highest BCUT2D eigenvalue weighted by Crippen LogP contribution is 2.46. The van der Waals surface area contributed by atoms with E-state index >= 15 is 0 Å². The molecule has 2 aromatic rings. The fourth-order valence-corrected chi connectivity index (χ4v) is 2.08. The first-order valence-electron chi connectivity index (χ1n) is 5.54. The summed E-state index contributed by atoms with van der Waals surface area (Å²) in [6.45, 7) is 0.578. The zero-order valence-corrected chi connectivity index (χ0v) is 10.8. The molecule has 2 N–H and O–H groups in total. The van der Waals surface area contributed by atoms with Crippen molar-refractivity contribution in [2.24, 2.45) is 5.73 Å². The Morgan fingerprint density at radius 3 is 2.59 bits per heavy atom. The van der Waals surface area contributed by atoms with E-state index in [-0.39, 0.29) is 5.41 Å². The molecule has 5 heteroatoms. The molecule has 0 bridgehead atoms. The van der Waals surface area contributed by atoms with Gasteiger partial charge in [-0.2, -0.15) is 4.98 Å². The molecule has 0 atom stereocenters. The second kappa shape index (κ2) is 3.92. The van der Waals surface area contributed by atoms with E-state index in [0.717, 1.165) is 22.9 Å². The maximum Gasteiger partial charge on any atom is 0.234 e. The second-order valence-corrected chi connectivity index (χ2v) is 5.33. The molecule has 88 valence electrons. The third-order valence-electron chi connectivity index (χ3n) is 3.23. The lowest BCUT2D eigenvalue weighted by Crippen LogP contribution is -2.19. The number of hydrogen-bond donors (Lipinski definition) is 1. The van der Waals surface area contributed by atoms with E-state index in [9.17, 15) is 0 Å². The summed E-state index contributed by atoms with van der Waals surface area (Å²) in [6, 6.07) is 7.84. The normalized spacial score (nSPS) is 17.1. The van der Waals surface area contributed by atoms with Crippen LogP contribution in [0.4, 0.5) is 0 Å². The Hall–Kier alpha value is -1.20. The summed E-state index contributed by atoms with van der Waals surface area (Å²) in [4.78, 5) is 4.44. The van der Waals surface area contributed by atoms with Gasteiger partial charge in [-0.25, -0.2) is 0 Å². The van der Waals surface area contributed by atoms with Gasteiger partial charge in [0.2, 0.25) is 11.7 Å². The average molecular weight is 294 g/mol. The van der Waals surface area contributed by atoms with Crippen LogP contribution in [0.1, 0.15) is 18.7 Å². The van der Waals surface area contributed by atoms with Crippen molar-refractivity contribution < 1.29 is 4.52 Å². The number of halogens is 1. The molecule has 1 aliphatic rings. The first-order valence-corrected chi connectivity index (χ1v) is 6.33. The summed E-state index contributed by atoms with van der Waals surface area (Å²) >= 11 is 3.40. The molecule has 0 amide bonds. The molecule has 1 aromatic heterocycles. The van der Waals surface area contributed by atoms with Gasteiger partial charge in [0.05, 0.1) is 5.41 Å². The third-order valence-corrected chi connectivity index (χ3v) is 3.76. The maximum atomic E-state index is 5.73. The minimum atomic E-state index is -0.0411. The van der Waals surface area contributed by atoms with E-state index < -0.39 is 0 Å². The summed E-state index contributed by atoms with van der Waals surface area (Å²) in [7, 11) is 0. The van der Waals surface area contributed by atoms with Gasteiger partial charge >= 0.3 is 0 Å². The van der Waals surface area contributed by atoms with Crippen molar-refractivity contribution >= 4 is 15.9 Å². The fraction of sp³-hybridized carbons (Fsp3) is 0.333. The predicted molar refractivity (Wildman–Crippen MR) is 67.4 cm³/mol. The van der Waals surface area contributed by atoms with Crippen molar-refractivity contribution in [1.82, 2.24) is 10.1 Å². The Kier molecular flexibility index (Phi) is 2.52. The number of benzene rings is 1. The van der Waals surface area contributed by atoms with Gasteiger partial charge in [-0.05, 0) is 37.1 Å². The van der Waals surface area contributed by atoms with Gasteiger partial charge in [-0.3, -0.25) is 0 Å². The molecule has 1 aromatic carbocycles. The van der Waals surface area contributed by atoms with Crippen molar-refractivity contribution in [3.8, 4) is 11.4 Å². The maximum absolute atomic E-state index is 5.73. The van der Waals surface area contributed by atoms with Crippen LogP contribution >= 0.6 is 15.9 Å². The van der Waals surface area contributed by atoms with Gasteiger partial charge in [0.1, 0.15) is 0 Å². The fourth-order valence-electron chi connectivity index (χ4n) is 1.81. The van der Waals surface area contributed by atoms with Crippen LogP contribution in [0, 0.1) is 0 Å². The third kappa shape index (κ3) is 1.89. The van der Waals surface area contributed by atoms with E-state index in [2.05, 4.69) is 26.1 Å². The van der Waals surface area contributed by atoms with Crippen LogP contribution in [0.25, 0.3) is 11.4 Å². The highest BCUT2D eigenvalue weighted by atomic mass is 79.9. The van der Waals surface area contributed by atoms with E-state index in [1.165, 1.54) is 0 Å². The van der Waals surface area contributed by atoms with E-state index in [1.807, 2.05) is 24.3 Å². The zero-order chi connectivity index (χ0) is 11.9. The predicted octanol–water partition coefficient (Wildman–Crippen LogP) is 2.49. The van der Waals surface area contributed by atoms with Gasteiger partial charge in [0, 0.05) is 16.6 Å². The molecule has 1 fully saturated rings. The Labute approximate surface area is 107 Å². The summed E-state index contributed by atoms with van der Waals surface area (Å²) in [5.41, 5.74) is 6.65. The minimum absolute atomic E-state index is 0.0411. The van der Waals surface area contributed by atoms with Gasteiger partial charge in [0.15, 0.2) is 0 Å². The lowest BCUT2D eigenvalue weighted by atomic mass is 10.1.